The fourth-order valence-electron chi connectivity index (χ4n) is 4.30. The van der Waals surface area contributed by atoms with Crippen molar-refractivity contribution in [3.63, 3.8) is 0 Å². The van der Waals surface area contributed by atoms with E-state index in [0.717, 1.165) is 55.3 Å². The van der Waals surface area contributed by atoms with E-state index in [2.05, 4.69) is 4.37 Å². The molecule has 1 fully saturated rings. The number of amides is 2. The van der Waals surface area contributed by atoms with Gasteiger partial charge >= 0.3 is 0 Å². The zero-order chi connectivity index (χ0) is 22.5. The number of piperidine rings is 1. The van der Waals surface area contributed by atoms with Crippen LogP contribution in [-0.2, 0) is 0 Å². The Morgan fingerprint density at radius 1 is 1.09 bits per heavy atom. The molecule has 0 spiro atoms. The van der Waals surface area contributed by atoms with Gasteiger partial charge in [0.05, 0.1) is 4.70 Å². The number of fused-ring (bicyclic) bond motifs is 1. The quantitative estimate of drug-likeness (QED) is 0.460. The molecule has 1 aliphatic heterocycles. The Balaban J connectivity index is 1.17. The van der Waals surface area contributed by atoms with Crippen LogP contribution < -0.4 is 0 Å². The van der Waals surface area contributed by atoms with Crippen LogP contribution in [0.5, 0.6) is 0 Å². The second kappa shape index (κ2) is 10.2. The average molecular weight is 454 g/mol. The summed E-state index contributed by atoms with van der Waals surface area (Å²) in [6.07, 6.45) is 5.12. The second-order valence-electron chi connectivity index (χ2n) is 8.49. The Hall–Kier alpha value is -2.80. The monoisotopic (exact) mass is 453 g/mol. The van der Waals surface area contributed by atoms with Crippen molar-refractivity contribution < 1.29 is 14.0 Å². The van der Waals surface area contributed by atoms with Crippen LogP contribution in [0.15, 0.2) is 48.5 Å². The maximum atomic E-state index is 13.1. The van der Waals surface area contributed by atoms with Crippen LogP contribution in [0.1, 0.15) is 53.0 Å². The molecule has 7 heteroatoms. The van der Waals surface area contributed by atoms with Crippen molar-refractivity contribution in [2.24, 2.45) is 5.92 Å². The van der Waals surface area contributed by atoms with E-state index in [0.29, 0.717) is 23.7 Å². The Kier molecular flexibility index (Phi) is 7.15. The van der Waals surface area contributed by atoms with E-state index in [4.69, 9.17) is 0 Å². The van der Waals surface area contributed by atoms with E-state index in [9.17, 15) is 14.0 Å². The van der Waals surface area contributed by atoms with Crippen molar-refractivity contribution in [3.05, 3.63) is 65.6 Å². The summed E-state index contributed by atoms with van der Waals surface area (Å²) in [5.41, 5.74) is 1.09. The number of carbonyl (C=O) groups is 2. The molecule has 0 bridgehead atoms. The van der Waals surface area contributed by atoms with Crippen molar-refractivity contribution in [2.45, 2.75) is 32.1 Å². The van der Waals surface area contributed by atoms with E-state index in [1.807, 2.05) is 36.2 Å². The van der Waals surface area contributed by atoms with Gasteiger partial charge in [-0.05, 0) is 67.0 Å². The highest BCUT2D eigenvalue weighted by Crippen LogP contribution is 2.25. The lowest BCUT2D eigenvalue weighted by Gasteiger charge is -2.32. The summed E-state index contributed by atoms with van der Waals surface area (Å²) >= 11 is 1.37. The topological polar surface area (TPSA) is 53.5 Å². The maximum absolute atomic E-state index is 13.1. The minimum atomic E-state index is -0.326. The third kappa shape index (κ3) is 5.15. The van der Waals surface area contributed by atoms with E-state index >= 15 is 0 Å². The van der Waals surface area contributed by atoms with Gasteiger partial charge in [-0.25, -0.2) is 4.39 Å². The minimum Gasteiger partial charge on any atom is -0.340 e. The molecule has 2 aromatic carbocycles. The van der Waals surface area contributed by atoms with Crippen LogP contribution in [0.4, 0.5) is 4.39 Å². The molecule has 2 amide bonds. The Bertz CT molecular complexity index is 1070. The maximum Gasteiger partial charge on any atom is 0.273 e. The predicted octanol–water partition coefficient (Wildman–Crippen LogP) is 5.23. The predicted molar refractivity (Wildman–Crippen MR) is 125 cm³/mol. The van der Waals surface area contributed by atoms with Gasteiger partial charge in [0.15, 0.2) is 0 Å². The zero-order valence-corrected chi connectivity index (χ0v) is 19.1. The number of hydrogen-bond acceptors (Lipinski definition) is 4. The van der Waals surface area contributed by atoms with Crippen LogP contribution in [0, 0.1) is 11.7 Å². The number of hydrogen-bond donors (Lipinski definition) is 0. The number of nitrogens with zero attached hydrogens (tertiary/aromatic N) is 3. The van der Waals surface area contributed by atoms with Crippen molar-refractivity contribution >= 4 is 33.4 Å². The summed E-state index contributed by atoms with van der Waals surface area (Å²) < 4.78 is 18.5. The summed E-state index contributed by atoms with van der Waals surface area (Å²) in [5, 5.41) is 0.927. The molecule has 1 aliphatic rings. The molecule has 3 aromatic rings. The van der Waals surface area contributed by atoms with Gasteiger partial charge in [0.25, 0.3) is 11.8 Å². The molecule has 5 nitrogen and oxygen atoms in total. The molecular weight excluding hydrogens is 425 g/mol. The number of benzene rings is 2. The van der Waals surface area contributed by atoms with E-state index in [-0.39, 0.29) is 17.6 Å². The van der Waals surface area contributed by atoms with Gasteiger partial charge in [-0.2, -0.15) is 4.37 Å². The highest BCUT2D eigenvalue weighted by molar-refractivity contribution is 7.13. The normalized spacial score (nSPS) is 14.6. The third-order valence-electron chi connectivity index (χ3n) is 6.28. The number of aromatic nitrogens is 1. The first kappa shape index (κ1) is 22.4. The second-order valence-corrected chi connectivity index (χ2v) is 9.30. The van der Waals surface area contributed by atoms with Crippen LogP contribution >= 0.6 is 11.5 Å². The van der Waals surface area contributed by atoms with Crippen molar-refractivity contribution in [1.82, 2.24) is 14.2 Å². The van der Waals surface area contributed by atoms with Gasteiger partial charge in [0, 0.05) is 37.6 Å². The first-order chi connectivity index (χ1) is 15.5. The van der Waals surface area contributed by atoms with Crippen molar-refractivity contribution in [2.75, 3.05) is 26.7 Å². The highest BCUT2D eigenvalue weighted by atomic mass is 32.1. The van der Waals surface area contributed by atoms with Crippen molar-refractivity contribution in [1.29, 1.82) is 0 Å². The largest absolute Gasteiger partial charge is 0.340 e. The van der Waals surface area contributed by atoms with Crippen LogP contribution in [0.25, 0.3) is 10.1 Å². The van der Waals surface area contributed by atoms with E-state index in [1.165, 1.54) is 23.7 Å². The van der Waals surface area contributed by atoms with Gasteiger partial charge < -0.3 is 9.80 Å². The van der Waals surface area contributed by atoms with Crippen molar-refractivity contribution in [3.8, 4) is 0 Å². The number of likely N-dealkylation sites (tertiary alicyclic amines) is 1. The lowest BCUT2D eigenvalue weighted by atomic mass is 9.91. The molecule has 0 unspecified atom stereocenters. The number of rotatable bonds is 7. The Morgan fingerprint density at radius 2 is 1.81 bits per heavy atom. The lowest BCUT2D eigenvalue weighted by molar-refractivity contribution is 0.0685. The van der Waals surface area contributed by atoms with Gasteiger partial charge in [0.2, 0.25) is 0 Å². The van der Waals surface area contributed by atoms with Gasteiger partial charge in [-0.1, -0.05) is 31.0 Å². The molecule has 0 N–H and O–H groups in total. The van der Waals surface area contributed by atoms with Gasteiger partial charge in [-0.15, -0.1) is 0 Å². The van der Waals surface area contributed by atoms with Gasteiger partial charge in [0.1, 0.15) is 11.5 Å². The summed E-state index contributed by atoms with van der Waals surface area (Å²) in [7, 11) is 1.84. The Labute approximate surface area is 192 Å². The standard InChI is InChI=1S/C25H28FN3O2S/c1-28(25(31)23-21-7-2-3-8-22(21)32-27-23)15-5-4-6-18-13-16-29(17-14-18)24(30)19-9-11-20(26)12-10-19/h2-3,7-12,18H,4-6,13-17H2,1H3. The lowest BCUT2D eigenvalue weighted by Crippen LogP contribution is -2.38. The molecule has 1 saturated heterocycles. The zero-order valence-electron chi connectivity index (χ0n) is 18.3. The smallest absolute Gasteiger partial charge is 0.273 e. The third-order valence-corrected chi connectivity index (χ3v) is 7.10. The van der Waals surface area contributed by atoms with Crippen LogP contribution in [0.3, 0.4) is 0 Å². The molecule has 32 heavy (non-hydrogen) atoms. The van der Waals surface area contributed by atoms with Crippen LogP contribution in [0.2, 0.25) is 0 Å². The average Bonchev–Trinajstić information content (AvgIpc) is 3.26. The first-order valence-electron chi connectivity index (χ1n) is 11.2. The summed E-state index contributed by atoms with van der Waals surface area (Å²) in [6, 6.07) is 13.6. The summed E-state index contributed by atoms with van der Waals surface area (Å²) in [4.78, 5) is 29.0. The number of carbonyl (C=O) groups excluding carboxylic acids is 2. The molecule has 0 aliphatic carbocycles. The molecule has 4 rings (SSSR count). The minimum absolute atomic E-state index is 0.0156. The fourth-order valence-corrected chi connectivity index (χ4v) is 5.07. The molecule has 1 aromatic heterocycles. The molecule has 0 atom stereocenters. The molecule has 2 heterocycles. The van der Waals surface area contributed by atoms with E-state index < -0.39 is 0 Å². The SMILES string of the molecule is CN(CCCCC1CCN(C(=O)c2ccc(F)cc2)CC1)C(=O)c1nsc2ccccc12. The summed E-state index contributed by atoms with van der Waals surface area (Å²) in [6.45, 7) is 2.21. The number of halogens is 1. The first-order valence-corrected chi connectivity index (χ1v) is 11.9. The van der Waals surface area contributed by atoms with Crippen LogP contribution in [-0.4, -0.2) is 52.7 Å². The molecule has 168 valence electrons. The highest BCUT2D eigenvalue weighted by Gasteiger charge is 2.24. The fraction of sp³-hybridized carbons (Fsp3) is 0.400. The molecule has 0 saturated carbocycles. The van der Waals surface area contributed by atoms with E-state index in [1.54, 1.807) is 17.0 Å². The van der Waals surface area contributed by atoms with Gasteiger partial charge in [-0.3, -0.25) is 9.59 Å². The number of unbranched alkanes of at least 4 members (excludes halogenated alkanes) is 1. The molecular formula is C25H28FN3O2S. The molecule has 0 radical (unpaired) electrons. The Morgan fingerprint density at radius 3 is 2.56 bits per heavy atom. The summed E-state index contributed by atoms with van der Waals surface area (Å²) in [5.74, 6) is 0.247.